The SMILES string of the molecule is CCOC(=O)c1cnc2cc(OCC3COC(C)(C)O3)ccn12. The van der Waals surface area contributed by atoms with Crippen LogP contribution in [-0.2, 0) is 14.2 Å². The van der Waals surface area contributed by atoms with Gasteiger partial charge < -0.3 is 18.9 Å². The average molecular weight is 320 g/mol. The summed E-state index contributed by atoms with van der Waals surface area (Å²) in [5.74, 6) is -0.297. The van der Waals surface area contributed by atoms with Gasteiger partial charge in [-0.05, 0) is 26.8 Å². The van der Waals surface area contributed by atoms with E-state index in [1.807, 2.05) is 13.8 Å². The number of imidazole rings is 1. The third-order valence-corrected chi connectivity index (χ3v) is 3.47. The third-order valence-electron chi connectivity index (χ3n) is 3.47. The van der Waals surface area contributed by atoms with Gasteiger partial charge in [-0.15, -0.1) is 0 Å². The topological polar surface area (TPSA) is 71.3 Å². The largest absolute Gasteiger partial charge is 0.491 e. The second kappa shape index (κ2) is 6.17. The summed E-state index contributed by atoms with van der Waals surface area (Å²) < 4.78 is 23.6. The first-order valence-electron chi connectivity index (χ1n) is 7.57. The Morgan fingerprint density at radius 2 is 2.35 bits per heavy atom. The average Bonchev–Trinajstić information content (AvgIpc) is 3.08. The van der Waals surface area contributed by atoms with Crippen molar-refractivity contribution in [2.75, 3.05) is 19.8 Å². The maximum Gasteiger partial charge on any atom is 0.356 e. The van der Waals surface area contributed by atoms with E-state index in [4.69, 9.17) is 18.9 Å². The van der Waals surface area contributed by atoms with Crippen LogP contribution in [0.15, 0.2) is 24.5 Å². The Bertz CT molecular complexity index is 710. The minimum absolute atomic E-state index is 0.101. The number of nitrogens with zero attached hydrogens (tertiary/aromatic N) is 2. The molecule has 0 bridgehead atoms. The van der Waals surface area contributed by atoms with Crippen LogP contribution in [0.2, 0.25) is 0 Å². The maximum absolute atomic E-state index is 11.8. The lowest BCUT2D eigenvalue weighted by Gasteiger charge is -2.17. The van der Waals surface area contributed by atoms with Crippen molar-refractivity contribution in [1.82, 2.24) is 9.38 Å². The zero-order valence-electron chi connectivity index (χ0n) is 13.4. The molecule has 23 heavy (non-hydrogen) atoms. The highest BCUT2D eigenvalue weighted by Gasteiger charge is 2.32. The molecule has 7 heteroatoms. The highest BCUT2D eigenvalue weighted by molar-refractivity contribution is 5.88. The maximum atomic E-state index is 11.8. The monoisotopic (exact) mass is 320 g/mol. The number of esters is 1. The number of carbonyl (C=O) groups is 1. The second-order valence-corrected chi connectivity index (χ2v) is 5.72. The number of hydrogen-bond donors (Lipinski definition) is 0. The Morgan fingerprint density at radius 1 is 1.52 bits per heavy atom. The minimum atomic E-state index is -0.560. The Balaban J connectivity index is 1.68. The highest BCUT2D eigenvalue weighted by atomic mass is 16.7. The van der Waals surface area contributed by atoms with E-state index in [0.717, 1.165) is 0 Å². The molecule has 1 unspecified atom stereocenters. The number of fused-ring (bicyclic) bond motifs is 1. The molecule has 3 heterocycles. The predicted octanol–water partition coefficient (Wildman–Crippen LogP) is 2.04. The highest BCUT2D eigenvalue weighted by Crippen LogP contribution is 2.23. The molecule has 0 radical (unpaired) electrons. The molecule has 2 aromatic heterocycles. The van der Waals surface area contributed by atoms with Gasteiger partial charge in [0.2, 0.25) is 0 Å². The lowest BCUT2D eigenvalue weighted by atomic mass is 10.4. The van der Waals surface area contributed by atoms with E-state index in [-0.39, 0.29) is 6.10 Å². The molecule has 1 aliphatic rings. The summed E-state index contributed by atoms with van der Waals surface area (Å²) in [6.45, 7) is 6.74. The van der Waals surface area contributed by atoms with E-state index in [1.165, 1.54) is 6.20 Å². The summed E-state index contributed by atoms with van der Waals surface area (Å²) in [4.78, 5) is 16.0. The first kappa shape index (κ1) is 15.8. The molecule has 0 aliphatic carbocycles. The zero-order chi connectivity index (χ0) is 16.4. The van der Waals surface area contributed by atoms with E-state index < -0.39 is 11.8 Å². The van der Waals surface area contributed by atoms with Gasteiger partial charge in [0.15, 0.2) is 11.5 Å². The number of hydrogen-bond acceptors (Lipinski definition) is 6. The van der Waals surface area contributed by atoms with Crippen LogP contribution >= 0.6 is 0 Å². The fraction of sp³-hybridized carbons (Fsp3) is 0.500. The van der Waals surface area contributed by atoms with Crippen LogP contribution < -0.4 is 4.74 Å². The first-order chi connectivity index (χ1) is 11.0. The number of ether oxygens (including phenoxy) is 4. The van der Waals surface area contributed by atoms with E-state index in [1.54, 1.807) is 29.7 Å². The van der Waals surface area contributed by atoms with Gasteiger partial charge in [-0.3, -0.25) is 4.40 Å². The van der Waals surface area contributed by atoms with Crippen LogP contribution in [0, 0.1) is 0 Å². The number of rotatable bonds is 5. The van der Waals surface area contributed by atoms with Crippen molar-refractivity contribution in [2.45, 2.75) is 32.7 Å². The fourth-order valence-electron chi connectivity index (χ4n) is 2.44. The van der Waals surface area contributed by atoms with E-state index in [0.29, 0.717) is 36.9 Å². The smallest absolute Gasteiger partial charge is 0.356 e. The Hall–Kier alpha value is -2.12. The van der Waals surface area contributed by atoms with Gasteiger partial charge >= 0.3 is 5.97 Å². The Kier molecular flexibility index (Phi) is 4.23. The van der Waals surface area contributed by atoms with Gasteiger partial charge in [-0.2, -0.15) is 0 Å². The molecule has 0 N–H and O–H groups in total. The van der Waals surface area contributed by atoms with E-state index in [2.05, 4.69) is 4.98 Å². The predicted molar refractivity (Wildman–Crippen MR) is 81.5 cm³/mol. The molecular formula is C16H20N2O5. The van der Waals surface area contributed by atoms with E-state index >= 15 is 0 Å². The zero-order valence-corrected chi connectivity index (χ0v) is 13.4. The molecule has 1 atom stereocenters. The molecule has 0 aromatic carbocycles. The summed E-state index contributed by atoms with van der Waals surface area (Å²) in [5.41, 5.74) is 1.01. The first-order valence-corrected chi connectivity index (χ1v) is 7.57. The summed E-state index contributed by atoms with van der Waals surface area (Å²) >= 11 is 0. The molecule has 1 fully saturated rings. The van der Waals surface area contributed by atoms with Crippen molar-refractivity contribution in [2.24, 2.45) is 0 Å². The van der Waals surface area contributed by atoms with E-state index in [9.17, 15) is 4.79 Å². The molecule has 124 valence electrons. The molecule has 0 spiro atoms. The van der Waals surface area contributed by atoms with Crippen molar-refractivity contribution in [1.29, 1.82) is 0 Å². The fourth-order valence-corrected chi connectivity index (χ4v) is 2.44. The lowest BCUT2D eigenvalue weighted by Crippen LogP contribution is -2.25. The Labute approximate surface area is 134 Å². The number of aromatic nitrogens is 2. The second-order valence-electron chi connectivity index (χ2n) is 5.72. The van der Waals surface area contributed by atoms with Crippen molar-refractivity contribution in [3.05, 3.63) is 30.2 Å². The lowest BCUT2D eigenvalue weighted by molar-refractivity contribution is -0.141. The molecule has 1 saturated heterocycles. The van der Waals surface area contributed by atoms with Crippen molar-refractivity contribution >= 4 is 11.6 Å². The van der Waals surface area contributed by atoms with Gasteiger partial charge in [-0.1, -0.05) is 0 Å². The van der Waals surface area contributed by atoms with Crippen LogP contribution in [0.5, 0.6) is 5.75 Å². The third kappa shape index (κ3) is 3.46. The van der Waals surface area contributed by atoms with Crippen LogP contribution in [-0.4, -0.2) is 47.1 Å². The van der Waals surface area contributed by atoms with Crippen LogP contribution in [0.25, 0.3) is 5.65 Å². The standard InChI is InChI=1S/C16H20N2O5/c1-4-20-15(19)13-8-17-14-7-11(5-6-18(13)14)21-9-12-10-22-16(2,3)23-12/h5-8,12H,4,9-10H2,1-3H3. The van der Waals surface area contributed by atoms with Crippen molar-refractivity contribution < 1.29 is 23.7 Å². The number of pyridine rings is 1. The van der Waals surface area contributed by atoms with Crippen molar-refractivity contribution in [3.8, 4) is 5.75 Å². The molecular weight excluding hydrogens is 300 g/mol. The summed E-state index contributed by atoms with van der Waals surface area (Å²) in [6.07, 6.45) is 3.13. The minimum Gasteiger partial charge on any atom is -0.491 e. The Morgan fingerprint density at radius 3 is 3.04 bits per heavy atom. The summed E-state index contributed by atoms with van der Waals surface area (Å²) in [7, 11) is 0. The van der Waals surface area contributed by atoms with Gasteiger partial charge in [0.25, 0.3) is 0 Å². The van der Waals surface area contributed by atoms with Gasteiger partial charge in [0, 0.05) is 12.3 Å². The molecule has 2 aromatic rings. The molecule has 3 rings (SSSR count). The molecule has 1 aliphatic heterocycles. The molecule has 7 nitrogen and oxygen atoms in total. The molecule has 0 saturated carbocycles. The van der Waals surface area contributed by atoms with Crippen LogP contribution in [0.3, 0.4) is 0 Å². The van der Waals surface area contributed by atoms with Crippen LogP contribution in [0.1, 0.15) is 31.3 Å². The quantitative estimate of drug-likeness (QED) is 0.785. The van der Waals surface area contributed by atoms with Gasteiger partial charge in [-0.25, -0.2) is 9.78 Å². The normalized spacial score (nSPS) is 19.9. The summed E-state index contributed by atoms with van der Waals surface area (Å²) in [5, 5.41) is 0. The van der Waals surface area contributed by atoms with Crippen molar-refractivity contribution in [3.63, 3.8) is 0 Å². The molecule has 0 amide bonds. The summed E-state index contributed by atoms with van der Waals surface area (Å²) in [6, 6.07) is 3.54. The van der Waals surface area contributed by atoms with Gasteiger partial charge in [0.05, 0.1) is 19.4 Å². The van der Waals surface area contributed by atoms with Crippen LogP contribution in [0.4, 0.5) is 0 Å². The van der Waals surface area contributed by atoms with Gasteiger partial charge in [0.1, 0.15) is 24.1 Å². The number of carbonyl (C=O) groups excluding carboxylic acids is 1.